The van der Waals surface area contributed by atoms with Crippen LogP contribution in [0.3, 0.4) is 0 Å². The molecule has 1 atom stereocenters. The summed E-state index contributed by atoms with van der Waals surface area (Å²) in [6.07, 6.45) is 0. The Kier molecular flexibility index (Phi) is 6.49. The molecule has 2 aromatic rings. The molecule has 1 amide bonds. The van der Waals surface area contributed by atoms with Gasteiger partial charge in [-0.1, -0.05) is 53.0 Å². The molecule has 0 spiro atoms. The summed E-state index contributed by atoms with van der Waals surface area (Å²) in [5.41, 5.74) is 0.882. The Morgan fingerprint density at radius 3 is 2.50 bits per heavy atom. The maximum atomic E-state index is 12.0. The van der Waals surface area contributed by atoms with Gasteiger partial charge in [-0.05, 0) is 36.8 Å². The fourth-order valence-corrected chi connectivity index (χ4v) is 2.72. The van der Waals surface area contributed by atoms with Crippen molar-refractivity contribution >= 4 is 46.7 Å². The summed E-state index contributed by atoms with van der Waals surface area (Å²) in [6.45, 7) is 1.35. The lowest BCUT2D eigenvalue weighted by Gasteiger charge is -2.15. The average molecular weight is 387 g/mol. The highest BCUT2D eigenvalue weighted by molar-refractivity contribution is 6.35. The van der Waals surface area contributed by atoms with E-state index in [0.717, 1.165) is 5.56 Å². The highest BCUT2D eigenvalue weighted by atomic mass is 35.5. The number of carbonyl (C=O) groups excluding carboxylic acids is 2. The third-order valence-corrected chi connectivity index (χ3v) is 4.14. The second kappa shape index (κ2) is 8.38. The van der Waals surface area contributed by atoms with Gasteiger partial charge in [-0.25, -0.2) is 4.79 Å². The summed E-state index contributed by atoms with van der Waals surface area (Å²) < 4.78 is 4.97. The van der Waals surface area contributed by atoms with Crippen LogP contribution in [0.5, 0.6) is 0 Å². The smallest absolute Gasteiger partial charge is 0.340 e. The molecule has 7 heteroatoms. The van der Waals surface area contributed by atoms with Gasteiger partial charge in [0.05, 0.1) is 16.6 Å². The number of esters is 1. The zero-order chi connectivity index (χ0) is 17.7. The number of ether oxygens (including phenoxy) is 1. The molecule has 0 aromatic heterocycles. The average Bonchev–Trinajstić information content (AvgIpc) is 2.55. The van der Waals surface area contributed by atoms with E-state index in [2.05, 4.69) is 5.32 Å². The van der Waals surface area contributed by atoms with E-state index in [1.807, 2.05) is 12.1 Å². The number of benzene rings is 2. The zero-order valence-corrected chi connectivity index (χ0v) is 15.0. The minimum atomic E-state index is -0.719. The Labute approximate surface area is 154 Å². The van der Waals surface area contributed by atoms with E-state index in [4.69, 9.17) is 39.5 Å². The van der Waals surface area contributed by atoms with Crippen molar-refractivity contribution in [1.29, 1.82) is 0 Å². The van der Waals surface area contributed by atoms with Gasteiger partial charge in [0, 0.05) is 10.0 Å². The Hall–Kier alpha value is -1.75. The number of rotatable bonds is 5. The predicted octanol–water partition coefficient (Wildman–Crippen LogP) is 4.68. The first-order chi connectivity index (χ1) is 11.4. The third kappa shape index (κ3) is 4.87. The normalized spacial score (nSPS) is 11.7. The lowest BCUT2D eigenvalue weighted by atomic mass is 10.1. The summed E-state index contributed by atoms with van der Waals surface area (Å²) in [7, 11) is 0. The Morgan fingerprint density at radius 1 is 1.08 bits per heavy atom. The van der Waals surface area contributed by atoms with E-state index in [1.165, 1.54) is 12.1 Å². The number of carbonyl (C=O) groups is 2. The predicted molar refractivity (Wildman–Crippen MR) is 94.8 cm³/mol. The van der Waals surface area contributed by atoms with E-state index in [9.17, 15) is 9.59 Å². The van der Waals surface area contributed by atoms with Crippen molar-refractivity contribution in [3.05, 3.63) is 68.7 Å². The number of hydrogen-bond acceptors (Lipinski definition) is 3. The van der Waals surface area contributed by atoms with Crippen LogP contribution in [-0.4, -0.2) is 18.5 Å². The van der Waals surface area contributed by atoms with Gasteiger partial charge < -0.3 is 10.1 Å². The molecule has 0 fully saturated rings. The minimum Gasteiger partial charge on any atom is -0.452 e. The van der Waals surface area contributed by atoms with Gasteiger partial charge >= 0.3 is 5.97 Å². The molecule has 0 aliphatic heterocycles. The highest BCUT2D eigenvalue weighted by Gasteiger charge is 2.16. The maximum Gasteiger partial charge on any atom is 0.340 e. The van der Waals surface area contributed by atoms with Gasteiger partial charge in [-0.2, -0.15) is 0 Å². The van der Waals surface area contributed by atoms with Crippen LogP contribution in [0.25, 0.3) is 0 Å². The van der Waals surface area contributed by atoms with Crippen molar-refractivity contribution in [3.63, 3.8) is 0 Å². The van der Waals surface area contributed by atoms with Crippen molar-refractivity contribution in [1.82, 2.24) is 5.32 Å². The highest BCUT2D eigenvalue weighted by Crippen LogP contribution is 2.23. The molecule has 0 saturated heterocycles. The second-order valence-corrected chi connectivity index (χ2v) is 6.26. The Balaban J connectivity index is 1.92. The van der Waals surface area contributed by atoms with Crippen molar-refractivity contribution in [2.24, 2.45) is 0 Å². The largest absolute Gasteiger partial charge is 0.452 e. The standard InChI is InChI=1S/C17H14Cl3NO3/c1-10(12-4-2-3-5-14(12)19)21-16(22)9-24-17(23)13-8-11(18)6-7-15(13)20/h2-8,10H,9H2,1H3,(H,21,22)/t10-/m1/s1. The molecule has 2 aromatic carbocycles. The molecule has 4 nitrogen and oxygen atoms in total. The molecule has 0 heterocycles. The fourth-order valence-electron chi connectivity index (χ4n) is 2.05. The summed E-state index contributed by atoms with van der Waals surface area (Å²) >= 11 is 17.8. The van der Waals surface area contributed by atoms with Gasteiger partial charge in [0.2, 0.25) is 0 Å². The van der Waals surface area contributed by atoms with Crippen LogP contribution in [0, 0.1) is 0 Å². The van der Waals surface area contributed by atoms with Gasteiger partial charge in [0.1, 0.15) is 0 Å². The SMILES string of the molecule is C[C@@H](NC(=O)COC(=O)c1cc(Cl)ccc1Cl)c1ccccc1Cl. The molecule has 2 rings (SSSR count). The van der Waals surface area contributed by atoms with Crippen LogP contribution in [0.4, 0.5) is 0 Å². The first-order valence-corrected chi connectivity index (χ1v) is 8.18. The fraction of sp³-hybridized carbons (Fsp3) is 0.176. The zero-order valence-electron chi connectivity index (χ0n) is 12.7. The monoisotopic (exact) mass is 385 g/mol. The Morgan fingerprint density at radius 2 is 1.79 bits per heavy atom. The van der Waals surface area contributed by atoms with E-state index < -0.39 is 18.5 Å². The quantitative estimate of drug-likeness (QED) is 0.759. The number of nitrogens with one attached hydrogen (secondary N) is 1. The van der Waals surface area contributed by atoms with Crippen LogP contribution in [0.1, 0.15) is 28.9 Å². The minimum absolute atomic E-state index is 0.108. The molecular weight excluding hydrogens is 373 g/mol. The molecule has 0 bridgehead atoms. The summed E-state index contributed by atoms with van der Waals surface area (Å²) in [5, 5.41) is 3.81. The van der Waals surface area contributed by atoms with Crippen LogP contribution in [0.2, 0.25) is 15.1 Å². The van der Waals surface area contributed by atoms with Crippen molar-refractivity contribution in [2.45, 2.75) is 13.0 Å². The van der Waals surface area contributed by atoms with Crippen LogP contribution in [-0.2, 0) is 9.53 Å². The number of hydrogen-bond donors (Lipinski definition) is 1. The third-order valence-electron chi connectivity index (χ3n) is 3.23. The first kappa shape index (κ1) is 18.6. The summed E-state index contributed by atoms with van der Waals surface area (Å²) in [4.78, 5) is 23.9. The molecule has 24 heavy (non-hydrogen) atoms. The van der Waals surface area contributed by atoms with Crippen LogP contribution in [0.15, 0.2) is 42.5 Å². The first-order valence-electron chi connectivity index (χ1n) is 7.04. The summed E-state index contributed by atoms with van der Waals surface area (Å²) in [6, 6.07) is 11.3. The lowest BCUT2D eigenvalue weighted by Crippen LogP contribution is -2.31. The van der Waals surface area contributed by atoms with Crippen LogP contribution < -0.4 is 5.32 Å². The molecular formula is C17H14Cl3NO3. The van der Waals surface area contributed by atoms with Crippen molar-refractivity contribution in [2.75, 3.05) is 6.61 Å². The van der Waals surface area contributed by atoms with Gasteiger partial charge in [0.15, 0.2) is 6.61 Å². The van der Waals surface area contributed by atoms with E-state index >= 15 is 0 Å². The molecule has 0 radical (unpaired) electrons. The number of amides is 1. The topological polar surface area (TPSA) is 55.4 Å². The van der Waals surface area contributed by atoms with E-state index in [0.29, 0.717) is 10.0 Å². The lowest BCUT2D eigenvalue weighted by molar-refractivity contribution is -0.124. The maximum absolute atomic E-state index is 12.0. The number of halogens is 3. The Bertz CT molecular complexity index is 764. The summed E-state index contributed by atoms with van der Waals surface area (Å²) in [5.74, 6) is -1.17. The van der Waals surface area contributed by atoms with Crippen LogP contribution >= 0.6 is 34.8 Å². The second-order valence-electron chi connectivity index (χ2n) is 5.01. The molecule has 0 saturated carbocycles. The van der Waals surface area contributed by atoms with Crippen molar-refractivity contribution in [3.8, 4) is 0 Å². The van der Waals surface area contributed by atoms with Gasteiger partial charge in [-0.15, -0.1) is 0 Å². The molecule has 126 valence electrons. The molecule has 0 aliphatic rings. The van der Waals surface area contributed by atoms with Gasteiger partial charge in [-0.3, -0.25) is 4.79 Å². The van der Waals surface area contributed by atoms with Gasteiger partial charge in [0.25, 0.3) is 5.91 Å². The van der Waals surface area contributed by atoms with E-state index in [-0.39, 0.29) is 16.6 Å². The molecule has 0 aliphatic carbocycles. The van der Waals surface area contributed by atoms with Crippen molar-refractivity contribution < 1.29 is 14.3 Å². The molecule has 0 unspecified atom stereocenters. The molecule has 1 N–H and O–H groups in total. The van der Waals surface area contributed by atoms with E-state index in [1.54, 1.807) is 25.1 Å².